The standard InChI is InChI=1S/C26H31N7O2/c1-26-11-18(26)14-32(15-26)23(34)16-8-9-21(27-12-16)29-25-28-13-17-10-20(24(35)31(2)3)33(22(17)30-25)19-6-4-5-7-19/h8-10,12-13,18-19H,4-7,11,14-15H2,1-3H3,(H,27,28,29,30)/t18-,26+/m1/s1. The zero-order valence-corrected chi connectivity index (χ0v) is 20.5. The molecule has 4 heterocycles. The van der Waals surface area contributed by atoms with E-state index >= 15 is 0 Å². The number of amides is 2. The maximum absolute atomic E-state index is 12.9. The lowest BCUT2D eigenvalue weighted by molar-refractivity contribution is 0.0765. The van der Waals surface area contributed by atoms with E-state index in [-0.39, 0.29) is 17.9 Å². The number of piperidine rings is 1. The molecule has 0 spiro atoms. The maximum Gasteiger partial charge on any atom is 0.270 e. The van der Waals surface area contributed by atoms with Gasteiger partial charge >= 0.3 is 0 Å². The molecule has 6 rings (SSSR count). The van der Waals surface area contributed by atoms with Crippen molar-refractivity contribution in [2.75, 3.05) is 32.5 Å². The summed E-state index contributed by atoms with van der Waals surface area (Å²) in [6.45, 7) is 3.95. The van der Waals surface area contributed by atoms with E-state index in [1.807, 2.05) is 11.0 Å². The van der Waals surface area contributed by atoms with Crippen LogP contribution in [0.5, 0.6) is 0 Å². The summed E-state index contributed by atoms with van der Waals surface area (Å²) in [6.07, 6.45) is 8.99. The molecule has 0 aromatic carbocycles. The fraction of sp³-hybridized carbons (Fsp3) is 0.500. The van der Waals surface area contributed by atoms with Crippen molar-refractivity contribution in [3.05, 3.63) is 41.9 Å². The van der Waals surface area contributed by atoms with E-state index < -0.39 is 0 Å². The fourth-order valence-electron chi connectivity index (χ4n) is 5.79. The Balaban J connectivity index is 1.24. The number of aromatic nitrogens is 4. The van der Waals surface area contributed by atoms with Crippen molar-refractivity contribution < 1.29 is 9.59 Å². The van der Waals surface area contributed by atoms with Crippen molar-refractivity contribution in [3.8, 4) is 0 Å². The molecule has 1 N–H and O–H groups in total. The highest BCUT2D eigenvalue weighted by Gasteiger charge is 2.57. The fourth-order valence-corrected chi connectivity index (χ4v) is 5.79. The van der Waals surface area contributed by atoms with Gasteiger partial charge in [0.05, 0.1) is 5.56 Å². The predicted octanol–water partition coefficient (Wildman–Crippen LogP) is 3.87. The van der Waals surface area contributed by atoms with Gasteiger partial charge in [-0.15, -0.1) is 0 Å². The van der Waals surface area contributed by atoms with Crippen LogP contribution in [0.2, 0.25) is 0 Å². The van der Waals surface area contributed by atoms with Gasteiger partial charge in [-0.2, -0.15) is 4.98 Å². The van der Waals surface area contributed by atoms with Crippen LogP contribution in [0.1, 0.15) is 65.9 Å². The van der Waals surface area contributed by atoms with Gasteiger partial charge in [-0.25, -0.2) is 9.97 Å². The average molecular weight is 474 g/mol. The first-order valence-corrected chi connectivity index (χ1v) is 12.4. The summed E-state index contributed by atoms with van der Waals surface area (Å²) in [7, 11) is 3.54. The van der Waals surface area contributed by atoms with Gasteiger partial charge in [0.1, 0.15) is 17.2 Å². The average Bonchev–Trinajstić information content (AvgIpc) is 3.28. The second-order valence-electron chi connectivity index (χ2n) is 10.8. The van der Waals surface area contributed by atoms with Crippen molar-refractivity contribution in [1.82, 2.24) is 29.3 Å². The molecule has 1 aliphatic heterocycles. The summed E-state index contributed by atoms with van der Waals surface area (Å²) < 4.78 is 2.09. The lowest BCUT2D eigenvalue weighted by Gasteiger charge is -2.19. The van der Waals surface area contributed by atoms with E-state index in [4.69, 9.17) is 4.98 Å². The number of hydrogen-bond acceptors (Lipinski definition) is 6. The third-order valence-electron chi connectivity index (χ3n) is 7.96. The molecule has 3 aliphatic rings. The van der Waals surface area contributed by atoms with Gasteiger partial charge in [-0.3, -0.25) is 9.59 Å². The zero-order chi connectivity index (χ0) is 24.3. The second-order valence-corrected chi connectivity index (χ2v) is 10.8. The molecule has 2 amide bonds. The van der Waals surface area contributed by atoms with Crippen molar-refractivity contribution in [1.29, 1.82) is 0 Å². The molecule has 0 radical (unpaired) electrons. The minimum Gasteiger partial charge on any atom is -0.343 e. The maximum atomic E-state index is 12.9. The molecule has 35 heavy (non-hydrogen) atoms. The highest BCUT2D eigenvalue weighted by molar-refractivity contribution is 5.98. The van der Waals surface area contributed by atoms with Crippen molar-refractivity contribution >= 4 is 34.6 Å². The lowest BCUT2D eigenvalue weighted by Crippen LogP contribution is -2.31. The van der Waals surface area contributed by atoms with Crippen LogP contribution in [0.4, 0.5) is 11.8 Å². The Morgan fingerprint density at radius 1 is 1.14 bits per heavy atom. The largest absolute Gasteiger partial charge is 0.343 e. The normalized spacial score (nSPS) is 23.5. The van der Waals surface area contributed by atoms with Crippen LogP contribution in [-0.2, 0) is 0 Å². The molecule has 1 saturated heterocycles. The van der Waals surface area contributed by atoms with Crippen LogP contribution in [0, 0.1) is 11.3 Å². The Morgan fingerprint density at radius 2 is 1.94 bits per heavy atom. The Kier molecular flexibility index (Phi) is 5.05. The summed E-state index contributed by atoms with van der Waals surface area (Å²) in [6, 6.07) is 5.74. The molecule has 182 valence electrons. The first-order chi connectivity index (χ1) is 16.8. The lowest BCUT2D eigenvalue weighted by atomic mass is 10.1. The van der Waals surface area contributed by atoms with Crippen molar-refractivity contribution in [2.24, 2.45) is 11.3 Å². The molecule has 2 aliphatic carbocycles. The summed E-state index contributed by atoms with van der Waals surface area (Å²) in [5.41, 5.74) is 2.33. The van der Waals surface area contributed by atoms with Gasteiger partial charge in [-0.1, -0.05) is 19.8 Å². The molecular formula is C26H31N7O2. The van der Waals surface area contributed by atoms with Crippen LogP contribution >= 0.6 is 0 Å². The molecule has 3 aromatic heterocycles. The van der Waals surface area contributed by atoms with Crippen LogP contribution in [0.25, 0.3) is 11.0 Å². The molecular weight excluding hydrogens is 442 g/mol. The van der Waals surface area contributed by atoms with Gasteiger partial charge in [0.15, 0.2) is 0 Å². The molecule has 2 saturated carbocycles. The quantitative estimate of drug-likeness (QED) is 0.604. The van der Waals surface area contributed by atoms with Gasteiger partial charge in [0, 0.05) is 51.0 Å². The van der Waals surface area contributed by atoms with Crippen LogP contribution in [0.3, 0.4) is 0 Å². The zero-order valence-electron chi connectivity index (χ0n) is 20.5. The number of rotatable bonds is 5. The number of fused-ring (bicyclic) bond motifs is 2. The monoisotopic (exact) mass is 473 g/mol. The molecule has 9 nitrogen and oxygen atoms in total. The van der Waals surface area contributed by atoms with Crippen LogP contribution < -0.4 is 5.32 Å². The van der Waals surface area contributed by atoms with Crippen LogP contribution in [-0.4, -0.2) is 68.3 Å². The highest BCUT2D eigenvalue weighted by Crippen LogP contribution is 2.57. The number of likely N-dealkylation sites (tertiary alicyclic amines) is 1. The number of carbonyl (C=O) groups is 2. The molecule has 9 heteroatoms. The van der Waals surface area contributed by atoms with Gasteiger partial charge in [0.2, 0.25) is 5.95 Å². The van der Waals surface area contributed by atoms with E-state index in [2.05, 4.69) is 26.8 Å². The van der Waals surface area contributed by atoms with E-state index in [1.54, 1.807) is 43.5 Å². The molecule has 3 fully saturated rings. The predicted molar refractivity (Wildman–Crippen MR) is 133 cm³/mol. The second kappa shape index (κ2) is 8.03. The molecule has 3 aromatic rings. The van der Waals surface area contributed by atoms with E-state index in [0.717, 1.165) is 49.8 Å². The van der Waals surface area contributed by atoms with Gasteiger partial charge in [0.25, 0.3) is 11.8 Å². The third kappa shape index (κ3) is 3.83. The number of nitrogens with zero attached hydrogens (tertiary/aromatic N) is 6. The number of anilines is 2. The highest BCUT2D eigenvalue weighted by atomic mass is 16.2. The number of hydrogen-bond donors (Lipinski definition) is 1. The third-order valence-corrected chi connectivity index (χ3v) is 7.96. The van der Waals surface area contributed by atoms with Crippen molar-refractivity contribution in [3.63, 3.8) is 0 Å². The first-order valence-electron chi connectivity index (χ1n) is 12.4. The Morgan fingerprint density at radius 3 is 2.60 bits per heavy atom. The van der Waals surface area contributed by atoms with Crippen molar-refractivity contribution in [2.45, 2.75) is 45.1 Å². The van der Waals surface area contributed by atoms with Gasteiger partial charge in [-0.05, 0) is 48.8 Å². The Hall–Kier alpha value is -3.49. The minimum atomic E-state index is -0.0318. The van der Waals surface area contributed by atoms with Gasteiger partial charge < -0.3 is 19.7 Å². The SMILES string of the molecule is CN(C)C(=O)c1cc2cnc(Nc3ccc(C(=O)N4C[C@H]5C[C@@]5(C)C4)cn3)nc2n1C1CCCC1. The van der Waals surface area contributed by atoms with E-state index in [0.29, 0.717) is 34.4 Å². The number of pyridine rings is 1. The summed E-state index contributed by atoms with van der Waals surface area (Å²) in [5.74, 6) is 1.65. The summed E-state index contributed by atoms with van der Waals surface area (Å²) in [4.78, 5) is 43.0. The molecule has 0 bridgehead atoms. The molecule has 2 atom stereocenters. The summed E-state index contributed by atoms with van der Waals surface area (Å²) in [5, 5.41) is 4.01. The van der Waals surface area contributed by atoms with E-state index in [9.17, 15) is 9.59 Å². The van der Waals surface area contributed by atoms with E-state index in [1.165, 1.54) is 6.42 Å². The number of carbonyl (C=O) groups excluding carboxylic acids is 2. The smallest absolute Gasteiger partial charge is 0.270 e. The van der Waals surface area contributed by atoms with Crippen LogP contribution in [0.15, 0.2) is 30.6 Å². The minimum absolute atomic E-state index is 0.0318. The molecule has 0 unspecified atom stereocenters. The summed E-state index contributed by atoms with van der Waals surface area (Å²) >= 11 is 0. The first kappa shape index (κ1) is 22.0. The number of nitrogens with one attached hydrogen (secondary N) is 1. The Labute approximate surface area is 204 Å². The topological polar surface area (TPSA) is 96.2 Å². The Bertz CT molecular complexity index is 1310.